The van der Waals surface area contributed by atoms with Gasteiger partial charge in [-0.3, -0.25) is 19.7 Å². The number of hydrogen-bond acceptors (Lipinski definition) is 4. The molecular weight excluding hydrogens is 298 g/mol. The van der Waals surface area contributed by atoms with Gasteiger partial charge in [0.15, 0.2) is 0 Å². The summed E-state index contributed by atoms with van der Waals surface area (Å²) in [4.78, 5) is 42.8. The van der Waals surface area contributed by atoms with Crippen LogP contribution in [0.4, 0.5) is 11.6 Å². The van der Waals surface area contributed by atoms with Gasteiger partial charge in [-0.15, -0.1) is 0 Å². The van der Waals surface area contributed by atoms with Crippen LogP contribution in [-0.2, 0) is 9.59 Å². The fourth-order valence-electron chi connectivity index (χ4n) is 2.32. The molecule has 3 rings (SSSR count). The minimum atomic E-state index is -0.766. The minimum absolute atomic E-state index is 0.0788. The summed E-state index contributed by atoms with van der Waals surface area (Å²) in [5.74, 6) is -0.620. The van der Waals surface area contributed by atoms with Gasteiger partial charge < -0.3 is 15.6 Å². The normalized spacial score (nSPS) is 16.8. The second-order valence-corrected chi connectivity index (χ2v) is 5.09. The zero-order valence-corrected chi connectivity index (χ0v) is 12.1. The number of anilines is 2. The lowest BCUT2D eigenvalue weighted by Crippen LogP contribution is -2.41. The van der Waals surface area contributed by atoms with E-state index in [2.05, 4.69) is 25.9 Å². The first-order valence-corrected chi connectivity index (χ1v) is 7.13. The van der Waals surface area contributed by atoms with Crippen LogP contribution in [-0.4, -0.2) is 33.7 Å². The number of aromatic nitrogens is 2. The van der Waals surface area contributed by atoms with Crippen LogP contribution in [0.2, 0.25) is 0 Å². The van der Waals surface area contributed by atoms with Gasteiger partial charge >= 0.3 is 0 Å². The third kappa shape index (κ3) is 3.37. The van der Waals surface area contributed by atoms with Crippen LogP contribution < -0.4 is 16.0 Å². The smallest absolute Gasteiger partial charge is 0.254 e. The van der Waals surface area contributed by atoms with Crippen LogP contribution in [0.25, 0.3) is 0 Å². The molecule has 1 atom stereocenters. The molecule has 1 aliphatic heterocycles. The fourth-order valence-corrected chi connectivity index (χ4v) is 2.32. The van der Waals surface area contributed by atoms with Gasteiger partial charge in [0.25, 0.3) is 5.91 Å². The van der Waals surface area contributed by atoms with Gasteiger partial charge in [-0.05, 0) is 18.6 Å². The lowest BCUT2D eigenvalue weighted by molar-refractivity contribution is -0.118. The number of aromatic amines is 1. The molecule has 0 saturated carbocycles. The van der Waals surface area contributed by atoms with E-state index in [1.54, 1.807) is 30.5 Å². The highest BCUT2D eigenvalue weighted by Gasteiger charge is 2.27. The van der Waals surface area contributed by atoms with Gasteiger partial charge in [-0.2, -0.15) is 0 Å². The van der Waals surface area contributed by atoms with Crippen molar-refractivity contribution in [3.05, 3.63) is 42.2 Å². The van der Waals surface area contributed by atoms with Crippen molar-refractivity contribution < 1.29 is 14.4 Å². The van der Waals surface area contributed by atoms with Crippen molar-refractivity contribution in [3.8, 4) is 0 Å². The minimum Gasteiger partial charge on any atom is -0.340 e. The summed E-state index contributed by atoms with van der Waals surface area (Å²) in [5.41, 5.74) is 0.876. The van der Waals surface area contributed by atoms with Crippen molar-refractivity contribution in [2.45, 2.75) is 18.9 Å². The molecule has 118 valence electrons. The summed E-state index contributed by atoms with van der Waals surface area (Å²) >= 11 is 0. The first-order chi connectivity index (χ1) is 11.1. The molecule has 4 N–H and O–H groups in total. The molecule has 0 fully saturated rings. The number of amides is 3. The number of nitrogens with one attached hydrogen (secondary N) is 4. The molecule has 0 radical (unpaired) electrons. The Kier molecular flexibility index (Phi) is 4.05. The summed E-state index contributed by atoms with van der Waals surface area (Å²) in [6, 6.07) is 6.00. The summed E-state index contributed by atoms with van der Waals surface area (Å²) in [7, 11) is 0. The Morgan fingerprint density at radius 3 is 2.87 bits per heavy atom. The van der Waals surface area contributed by atoms with Crippen molar-refractivity contribution in [1.29, 1.82) is 0 Å². The second kappa shape index (κ2) is 6.30. The molecule has 2 aromatic rings. The van der Waals surface area contributed by atoms with E-state index in [-0.39, 0.29) is 30.6 Å². The third-order valence-electron chi connectivity index (χ3n) is 3.47. The maximum absolute atomic E-state index is 12.2. The summed E-state index contributed by atoms with van der Waals surface area (Å²) < 4.78 is 0. The molecule has 0 saturated heterocycles. The van der Waals surface area contributed by atoms with Gasteiger partial charge in [-0.1, -0.05) is 12.1 Å². The monoisotopic (exact) mass is 313 g/mol. The molecule has 2 heterocycles. The lowest BCUT2D eigenvalue weighted by atomic mass is 10.1. The Balaban J connectivity index is 1.62. The number of carbonyl (C=O) groups excluding carboxylic acids is 3. The molecule has 0 aliphatic carbocycles. The molecular formula is C15H15N5O3. The van der Waals surface area contributed by atoms with Crippen LogP contribution in [0.1, 0.15) is 23.2 Å². The number of benzene rings is 1. The number of H-pyrrole nitrogens is 1. The van der Waals surface area contributed by atoms with Gasteiger partial charge in [-0.25, -0.2) is 4.98 Å². The first-order valence-electron chi connectivity index (χ1n) is 7.13. The maximum Gasteiger partial charge on any atom is 0.254 e. The van der Waals surface area contributed by atoms with Crippen LogP contribution >= 0.6 is 0 Å². The molecule has 1 aromatic carbocycles. The Morgan fingerprint density at radius 1 is 1.26 bits per heavy atom. The molecule has 8 nitrogen and oxygen atoms in total. The van der Waals surface area contributed by atoms with Gasteiger partial charge in [0.2, 0.25) is 17.8 Å². The lowest BCUT2D eigenvalue weighted by Gasteiger charge is -2.13. The van der Waals surface area contributed by atoms with Crippen molar-refractivity contribution >= 4 is 29.4 Å². The van der Waals surface area contributed by atoms with Crippen LogP contribution in [0.15, 0.2) is 36.7 Å². The molecule has 1 aliphatic rings. The van der Waals surface area contributed by atoms with E-state index in [0.717, 1.165) is 0 Å². The van der Waals surface area contributed by atoms with Crippen molar-refractivity contribution in [1.82, 2.24) is 15.3 Å². The summed E-state index contributed by atoms with van der Waals surface area (Å²) in [5, 5.41) is 7.91. The Labute approximate surface area is 131 Å². The topological polar surface area (TPSA) is 116 Å². The zero-order chi connectivity index (χ0) is 16.2. The molecule has 8 heteroatoms. The SMILES string of the molecule is O=C(CC[C@H]1NC(=O)c2ccccc2NC1=O)Nc1ncc[nH]1. The van der Waals surface area contributed by atoms with Crippen LogP contribution in [0.5, 0.6) is 0 Å². The quantitative estimate of drug-likeness (QED) is 0.670. The van der Waals surface area contributed by atoms with E-state index in [0.29, 0.717) is 17.2 Å². The Hall–Kier alpha value is -3.16. The fraction of sp³-hybridized carbons (Fsp3) is 0.200. The highest BCUT2D eigenvalue weighted by molar-refractivity contribution is 6.09. The van der Waals surface area contributed by atoms with Crippen LogP contribution in [0, 0.1) is 0 Å². The molecule has 0 spiro atoms. The zero-order valence-electron chi connectivity index (χ0n) is 12.1. The van der Waals surface area contributed by atoms with E-state index >= 15 is 0 Å². The molecule has 23 heavy (non-hydrogen) atoms. The number of hydrogen-bond donors (Lipinski definition) is 4. The standard InChI is InChI=1S/C15H15N5O3/c21-12(20-15-16-7-8-17-15)6-5-11-14(23)18-10-4-2-1-3-9(10)13(22)19-11/h1-4,7-8,11H,5-6H2,(H,18,23)(H,19,22)(H2,16,17,20,21)/t11-/m1/s1. The van der Waals surface area contributed by atoms with E-state index < -0.39 is 6.04 Å². The van der Waals surface area contributed by atoms with Gasteiger partial charge in [0.1, 0.15) is 6.04 Å². The van der Waals surface area contributed by atoms with E-state index in [4.69, 9.17) is 0 Å². The average Bonchev–Trinajstić information content (AvgIpc) is 3.00. The average molecular weight is 313 g/mol. The third-order valence-corrected chi connectivity index (χ3v) is 3.47. The highest BCUT2D eigenvalue weighted by atomic mass is 16.2. The van der Waals surface area contributed by atoms with Gasteiger partial charge in [0.05, 0.1) is 11.3 Å². The van der Waals surface area contributed by atoms with E-state index in [1.807, 2.05) is 0 Å². The number of para-hydroxylation sites is 1. The van der Waals surface area contributed by atoms with Crippen LogP contribution in [0.3, 0.4) is 0 Å². The Bertz CT molecular complexity index is 741. The Morgan fingerprint density at radius 2 is 2.09 bits per heavy atom. The summed E-state index contributed by atoms with van der Waals surface area (Å²) in [6.07, 6.45) is 3.38. The van der Waals surface area contributed by atoms with Gasteiger partial charge in [0, 0.05) is 18.8 Å². The number of carbonyl (C=O) groups is 3. The largest absolute Gasteiger partial charge is 0.340 e. The predicted molar refractivity (Wildman–Crippen MR) is 82.8 cm³/mol. The number of rotatable bonds is 4. The maximum atomic E-state index is 12.2. The molecule has 0 bridgehead atoms. The second-order valence-electron chi connectivity index (χ2n) is 5.09. The molecule has 0 unspecified atom stereocenters. The van der Waals surface area contributed by atoms with E-state index in [9.17, 15) is 14.4 Å². The highest BCUT2D eigenvalue weighted by Crippen LogP contribution is 2.19. The number of fused-ring (bicyclic) bond motifs is 1. The summed E-state index contributed by atoms with van der Waals surface area (Å²) in [6.45, 7) is 0. The van der Waals surface area contributed by atoms with Crippen molar-refractivity contribution in [3.63, 3.8) is 0 Å². The number of nitrogens with zero attached hydrogens (tertiary/aromatic N) is 1. The molecule has 1 aromatic heterocycles. The van der Waals surface area contributed by atoms with Crippen molar-refractivity contribution in [2.24, 2.45) is 0 Å². The first kappa shape index (κ1) is 14.8. The number of imidazole rings is 1. The molecule has 3 amide bonds. The van der Waals surface area contributed by atoms with Crippen molar-refractivity contribution in [2.75, 3.05) is 10.6 Å². The van der Waals surface area contributed by atoms with E-state index in [1.165, 1.54) is 6.20 Å². The predicted octanol–water partition coefficient (Wildman–Crippen LogP) is 0.879.